The lowest BCUT2D eigenvalue weighted by molar-refractivity contribution is -0.150. The van der Waals surface area contributed by atoms with Gasteiger partial charge in [-0.25, -0.2) is 4.79 Å². The first-order valence-corrected chi connectivity index (χ1v) is 5.53. The summed E-state index contributed by atoms with van der Waals surface area (Å²) in [7, 11) is -3.54. The lowest BCUT2D eigenvalue weighted by Gasteiger charge is -2.07. The molecule has 0 spiro atoms. The van der Waals surface area contributed by atoms with Crippen LogP contribution in [-0.2, 0) is 14.2 Å². The van der Waals surface area contributed by atoms with E-state index in [1.165, 1.54) is 6.07 Å². The maximum absolute atomic E-state index is 10.8. The van der Waals surface area contributed by atoms with Gasteiger partial charge in [0.1, 0.15) is 5.92 Å². The van der Waals surface area contributed by atoms with Gasteiger partial charge in [0.25, 0.3) is 5.78 Å². The first-order valence-electron chi connectivity index (χ1n) is 3.24. The van der Waals surface area contributed by atoms with E-state index in [4.69, 9.17) is 15.3 Å². The lowest BCUT2D eigenvalue weighted by atomic mass is 10.1. The zero-order chi connectivity index (χ0) is 10.6. The van der Waals surface area contributed by atoms with Crippen LogP contribution in [0.15, 0.2) is 0 Å². The molecule has 0 saturated carbocycles. The molecule has 0 aromatic carbocycles. The maximum atomic E-state index is 10.8. The number of ketones is 1. The second kappa shape index (κ2) is 4.17. The quantitative estimate of drug-likeness (QED) is 0.480. The van der Waals surface area contributed by atoms with Gasteiger partial charge in [-0.3, -0.25) is 9.36 Å². The van der Waals surface area contributed by atoms with Crippen molar-refractivity contribution in [1.82, 2.24) is 0 Å². The Morgan fingerprint density at radius 1 is 1.62 bits per heavy atom. The highest BCUT2D eigenvalue weighted by Crippen LogP contribution is 2.37. The third kappa shape index (κ3) is 4.41. The zero-order valence-electron chi connectivity index (χ0n) is 6.80. The van der Waals surface area contributed by atoms with Crippen molar-refractivity contribution in [3.8, 4) is 6.07 Å². The molecule has 0 aliphatic rings. The van der Waals surface area contributed by atoms with E-state index >= 15 is 0 Å². The van der Waals surface area contributed by atoms with Gasteiger partial charge >= 0.3 is 5.97 Å². The number of carboxylic acids is 1. The Kier molecular flexibility index (Phi) is 3.79. The average molecular weight is 205 g/mol. The van der Waals surface area contributed by atoms with Gasteiger partial charge in [0.05, 0.1) is 6.07 Å². The molecule has 0 rings (SSSR count). The molecule has 0 radical (unpaired) electrons. The van der Waals surface area contributed by atoms with Crippen LogP contribution in [0.25, 0.3) is 0 Å². The van der Waals surface area contributed by atoms with Crippen molar-refractivity contribution in [2.45, 2.75) is 0 Å². The normalized spacial score (nSPS) is 16.7. The van der Waals surface area contributed by atoms with Crippen molar-refractivity contribution >= 4 is 19.1 Å². The van der Waals surface area contributed by atoms with Gasteiger partial charge in [0.15, 0.2) is 7.37 Å². The summed E-state index contributed by atoms with van der Waals surface area (Å²) in [5, 5.41) is 16.6. The van der Waals surface area contributed by atoms with Gasteiger partial charge < -0.3 is 10.00 Å². The number of Topliss-reactive ketones (excluding diaryl/α,β-unsaturated/α-hetero) is 1. The molecule has 0 heterocycles. The zero-order valence-corrected chi connectivity index (χ0v) is 7.69. The van der Waals surface area contributed by atoms with Gasteiger partial charge in [0.2, 0.25) is 0 Å². The fourth-order valence-electron chi connectivity index (χ4n) is 0.670. The molecular weight excluding hydrogens is 197 g/mol. The Hall–Kier alpha value is -1.18. The van der Waals surface area contributed by atoms with Crippen LogP contribution in [-0.4, -0.2) is 34.6 Å². The molecule has 2 unspecified atom stereocenters. The van der Waals surface area contributed by atoms with E-state index in [2.05, 4.69) is 0 Å². The van der Waals surface area contributed by atoms with E-state index in [1.54, 1.807) is 0 Å². The fraction of sp³-hybridized carbons (Fsp3) is 0.500. The van der Waals surface area contributed by atoms with Gasteiger partial charge in [0, 0.05) is 12.8 Å². The molecule has 0 bridgehead atoms. The molecule has 2 atom stereocenters. The van der Waals surface area contributed by atoms with Crippen molar-refractivity contribution < 1.29 is 24.2 Å². The van der Waals surface area contributed by atoms with E-state index in [0.29, 0.717) is 0 Å². The predicted octanol–water partition coefficient (Wildman–Crippen LogP) is -0.320. The van der Waals surface area contributed by atoms with Crippen LogP contribution in [0.4, 0.5) is 0 Å². The van der Waals surface area contributed by atoms with Crippen molar-refractivity contribution in [1.29, 1.82) is 5.26 Å². The molecule has 7 heteroatoms. The minimum atomic E-state index is -3.54. The third-order valence-electron chi connectivity index (χ3n) is 1.20. The number of hydrogen-bond donors (Lipinski definition) is 2. The van der Waals surface area contributed by atoms with Crippen LogP contribution in [0, 0.1) is 17.2 Å². The molecule has 0 fully saturated rings. The Labute approximate surface area is 74.2 Å². The molecule has 13 heavy (non-hydrogen) atoms. The van der Waals surface area contributed by atoms with Crippen LogP contribution in [0.3, 0.4) is 0 Å². The molecule has 0 amide bonds. The summed E-state index contributed by atoms with van der Waals surface area (Å²) in [5.41, 5.74) is 0. The highest BCUT2D eigenvalue weighted by atomic mass is 31.2. The average Bonchev–Trinajstić information content (AvgIpc) is 1.97. The standard InChI is InChI=1S/C6H8NO5P/c1-13(11,12)3-4(2-7)5(8)6(9)10/h4H,3H2,1H3,(H,9,10)(H,11,12). The van der Waals surface area contributed by atoms with Gasteiger partial charge in [-0.15, -0.1) is 0 Å². The first-order chi connectivity index (χ1) is 5.78. The summed E-state index contributed by atoms with van der Waals surface area (Å²) in [4.78, 5) is 29.6. The number of nitrogens with zero attached hydrogens (tertiary/aromatic N) is 1. The number of carbonyl (C=O) groups excluding carboxylic acids is 1. The summed E-state index contributed by atoms with van der Waals surface area (Å²) < 4.78 is 10.8. The van der Waals surface area contributed by atoms with E-state index < -0.39 is 31.2 Å². The number of carbonyl (C=O) groups is 2. The number of rotatable bonds is 4. The number of nitriles is 1. The SMILES string of the molecule is CP(=O)(O)CC(C#N)C(=O)C(=O)O. The second-order valence-corrected chi connectivity index (χ2v) is 5.05. The van der Waals surface area contributed by atoms with Gasteiger partial charge in [-0.2, -0.15) is 5.26 Å². The second-order valence-electron chi connectivity index (χ2n) is 2.58. The molecule has 0 aromatic heterocycles. The lowest BCUT2D eigenvalue weighted by Crippen LogP contribution is -2.24. The summed E-state index contributed by atoms with van der Waals surface area (Å²) >= 11 is 0. The van der Waals surface area contributed by atoms with E-state index in [1.807, 2.05) is 0 Å². The predicted molar refractivity (Wildman–Crippen MR) is 42.4 cm³/mol. The largest absolute Gasteiger partial charge is 0.475 e. The van der Waals surface area contributed by atoms with Crippen LogP contribution in [0.1, 0.15) is 0 Å². The highest BCUT2D eigenvalue weighted by Gasteiger charge is 2.29. The van der Waals surface area contributed by atoms with E-state index in [9.17, 15) is 14.2 Å². The smallest absolute Gasteiger partial charge is 0.373 e. The van der Waals surface area contributed by atoms with Crippen molar-refractivity contribution in [3.05, 3.63) is 0 Å². The molecule has 2 N–H and O–H groups in total. The highest BCUT2D eigenvalue weighted by molar-refractivity contribution is 7.57. The Bertz CT molecular complexity index is 311. The summed E-state index contributed by atoms with van der Waals surface area (Å²) in [6.07, 6.45) is -0.616. The molecular formula is C6H8NO5P. The molecule has 0 aliphatic carbocycles. The molecule has 72 valence electrons. The summed E-state index contributed by atoms with van der Waals surface area (Å²) in [6.45, 7) is 0.965. The van der Waals surface area contributed by atoms with Crippen LogP contribution >= 0.6 is 7.37 Å². The van der Waals surface area contributed by atoms with Crippen molar-refractivity contribution in [2.24, 2.45) is 5.92 Å². The number of hydrogen-bond acceptors (Lipinski definition) is 4. The number of carboxylic acid groups (broad SMARTS) is 1. The minimum absolute atomic E-state index is 0.616. The molecule has 6 nitrogen and oxygen atoms in total. The monoisotopic (exact) mass is 205 g/mol. The summed E-state index contributed by atoms with van der Waals surface area (Å²) in [6, 6.07) is 1.38. The van der Waals surface area contributed by atoms with E-state index in [-0.39, 0.29) is 0 Å². The molecule has 0 aromatic rings. The first kappa shape index (κ1) is 11.8. The van der Waals surface area contributed by atoms with Crippen LogP contribution < -0.4 is 0 Å². The van der Waals surface area contributed by atoms with Crippen LogP contribution in [0.2, 0.25) is 0 Å². The fourth-order valence-corrected chi connectivity index (χ4v) is 1.60. The van der Waals surface area contributed by atoms with Crippen molar-refractivity contribution in [2.75, 3.05) is 12.8 Å². The van der Waals surface area contributed by atoms with E-state index in [0.717, 1.165) is 6.66 Å². The molecule has 0 aliphatic heterocycles. The van der Waals surface area contributed by atoms with Crippen LogP contribution in [0.5, 0.6) is 0 Å². The van der Waals surface area contributed by atoms with Crippen molar-refractivity contribution in [3.63, 3.8) is 0 Å². The topological polar surface area (TPSA) is 115 Å². The van der Waals surface area contributed by atoms with Gasteiger partial charge in [-0.05, 0) is 0 Å². The number of aliphatic carboxylic acids is 1. The molecule has 0 saturated heterocycles. The maximum Gasteiger partial charge on any atom is 0.373 e. The third-order valence-corrected chi connectivity index (χ3v) is 2.25. The van der Waals surface area contributed by atoms with Gasteiger partial charge in [-0.1, -0.05) is 0 Å². The minimum Gasteiger partial charge on any atom is -0.475 e. The summed E-state index contributed by atoms with van der Waals surface area (Å²) in [5.74, 6) is -4.66. The Morgan fingerprint density at radius 3 is 2.31 bits per heavy atom. The Morgan fingerprint density at radius 2 is 2.08 bits per heavy atom. The Balaban J connectivity index is 4.58.